The zero-order chi connectivity index (χ0) is 16.8. The lowest BCUT2D eigenvalue weighted by Crippen LogP contribution is -2.13. The van der Waals surface area contributed by atoms with Crippen LogP contribution in [0.25, 0.3) is 11.3 Å². The summed E-state index contributed by atoms with van der Waals surface area (Å²) in [6.45, 7) is 0. The van der Waals surface area contributed by atoms with Gasteiger partial charge in [0, 0.05) is 21.2 Å². The summed E-state index contributed by atoms with van der Waals surface area (Å²) in [5, 5.41) is 5.46. The third kappa shape index (κ3) is 4.93. The van der Waals surface area contributed by atoms with Crippen molar-refractivity contribution in [2.75, 3.05) is 11.1 Å². The summed E-state index contributed by atoms with van der Waals surface area (Å²) in [5.74, 6) is 1.23. The molecule has 1 amide bonds. The van der Waals surface area contributed by atoms with Gasteiger partial charge in [0.2, 0.25) is 5.91 Å². The number of rotatable bonds is 6. The first-order valence-corrected chi connectivity index (χ1v) is 10.2. The molecule has 122 valence electrons. The van der Waals surface area contributed by atoms with Crippen molar-refractivity contribution in [3.05, 3.63) is 70.0 Å². The maximum Gasteiger partial charge on any atom is 0.236 e. The number of amides is 1. The second-order valence-corrected chi connectivity index (χ2v) is 7.83. The number of nitrogens with one attached hydrogen (secondary N) is 1. The average molecular weight is 419 g/mol. The van der Waals surface area contributed by atoms with Gasteiger partial charge < -0.3 is 5.32 Å². The molecule has 0 spiro atoms. The Morgan fingerprint density at radius 1 is 1.12 bits per heavy atom. The molecule has 0 saturated heterocycles. The van der Waals surface area contributed by atoms with E-state index in [4.69, 9.17) is 0 Å². The molecular weight excluding hydrogens is 404 g/mol. The van der Waals surface area contributed by atoms with E-state index >= 15 is 0 Å². The van der Waals surface area contributed by atoms with Gasteiger partial charge in [-0.3, -0.25) is 4.79 Å². The molecule has 24 heavy (non-hydrogen) atoms. The number of carbonyl (C=O) groups is 1. The van der Waals surface area contributed by atoms with Crippen LogP contribution in [0.4, 0.5) is 5.13 Å². The van der Waals surface area contributed by atoms with Gasteiger partial charge in [-0.15, -0.1) is 23.1 Å². The molecule has 0 fully saturated rings. The molecule has 0 unspecified atom stereocenters. The van der Waals surface area contributed by atoms with E-state index in [-0.39, 0.29) is 5.91 Å². The number of halogens is 1. The first-order chi connectivity index (χ1) is 11.7. The fourth-order valence-corrected chi connectivity index (χ4v) is 3.86. The van der Waals surface area contributed by atoms with Crippen LogP contribution in [0.3, 0.4) is 0 Å². The van der Waals surface area contributed by atoms with Crippen molar-refractivity contribution in [1.29, 1.82) is 0 Å². The maximum atomic E-state index is 12.0. The minimum atomic E-state index is -0.0207. The van der Waals surface area contributed by atoms with Crippen molar-refractivity contribution in [3.8, 4) is 11.3 Å². The van der Waals surface area contributed by atoms with Gasteiger partial charge in [-0.05, 0) is 17.7 Å². The van der Waals surface area contributed by atoms with Crippen molar-refractivity contribution < 1.29 is 4.79 Å². The fraction of sp³-hybridized carbons (Fsp3) is 0.111. The highest BCUT2D eigenvalue weighted by Crippen LogP contribution is 2.26. The van der Waals surface area contributed by atoms with E-state index in [1.165, 1.54) is 16.9 Å². The van der Waals surface area contributed by atoms with E-state index in [2.05, 4.69) is 38.4 Å². The van der Waals surface area contributed by atoms with Crippen molar-refractivity contribution in [3.63, 3.8) is 0 Å². The molecule has 6 heteroatoms. The molecule has 0 bridgehead atoms. The van der Waals surface area contributed by atoms with Crippen LogP contribution >= 0.6 is 39.0 Å². The Bertz CT molecular complexity index is 803. The highest BCUT2D eigenvalue weighted by molar-refractivity contribution is 9.10. The molecule has 3 nitrogen and oxygen atoms in total. The molecule has 0 aliphatic heterocycles. The summed E-state index contributed by atoms with van der Waals surface area (Å²) in [6.07, 6.45) is 0. The summed E-state index contributed by atoms with van der Waals surface area (Å²) >= 11 is 6.46. The van der Waals surface area contributed by atoms with Crippen LogP contribution in [0.5, 0.6) is 0 Å². The van der Waals surface area contributed by atoms with E-state index in [1.54, 1.807) is 11.8 Å². The van der Waals surface area contributed by atoms with Crippen molar-refractivity contribution in [2.24, 2.45) is 0 Å². The smallest absolute Gasteiger partial charge is 0.236 e. The number of benzene rings is 2. The lowest BCUT2D eigenvalue weighted by molar-refractivity contribution is -0.113. The molecule has 0 aliphatic rings. The molecule has 0 saturated carbocycles. The third-order valence-corrected chi connectivity index (χ3v) is 5.53. The van der Waals surface area contributed by atoms with Gasteiger partial charge in [-0.2, -0.15) is 0 Å². The largest absolute Gasteiger partial charge is 0.301 e. The Kier molecular flexibility index (Phi) is 6.07. The van der Waals surface area contributed by atoms with Crippen LogP contribution in [0.15, 0.2) is 64.5 Å². The highest BCUT2D eigenvalue weighted by atomic mass is 79.9. The maximum absolute atomic E-state index is 12.0. The topological polar surface area (TPSA) is 42.0 Å². The van der Waals surface area contributed by atoms with Crippen molar-refractivity contribution >= 4 is 50.1 Å². The second kappa shape index (κ2) is 8.46. The molecule has 2 aromatic carbocycles. The molecule has 0 radical (unpaired) electrons. The molecule has 1 heterocycles. The van der Waals surface area contributed by atoms with Crippen molar-refractivity contribution in [2.45, 2.75) is 5.75 Å². The monoisotopic (exact) mass is 418 g/mol. The lowest BCUT2D eigenvalue weighted by atomic mass is 10.2. The van der Waals surface area contributed by atoms with Gasteiger partial charge in [0.15, 0.2) is 5.13 Å². The van der Waals surface area contributed by atoms with Crippen LogP contribution < -0.4 is 5.32 Å². The summed E-state index contributed by atoms with van der Waals surface area (Å²) in [6, 6.07) is 18.1. The summed E-state index contributed by atoms with van der Waals surface area (Å²) in [4.78, 5) is 16.5. The molecule has 0 aliphatic carbocycles. The van der Waals surface area contributed by atoms with Crippen LogP contribution in [-0.4, -0.2) is 16.6 Å². The minimum Gasteiger partial charge on any atom is -0.301 e. The number of nitrogens with zero attached hydrogens (tertiary/aromatic N) is 1. The molecule has 3 aromatic rings. The number of anilines is 1. The Morgan fingerprint density at radius 3 is 2.62 bits per heavy atom. The quantitative estimate of drug-likeness (QED) is 0.578. The number of thioether (sulfide) groups is 1. The summed E-state index contributed by atoms with van der Waals surface area (Å²) < 4.78 is 1.03. The van der Waals surface area contributed by atoms with Crippen molar-refractivity contribution in [1.82, 2.24) is 4.98 Å². The van der Waals surface area contributed by atoms with Crippen LogP contribution in [0, 0.1) is 0 Å². The number of carbonyl (C=O) groups excluding carboxylic acids is 1. The Morgan fingerprint density at radius 2 is 1.88 bits per heavy atom. The normalized spacial score (nSPS) is 10.5. The number of hydrogen-bond acceptors (Lipinski definition) is 4. The lowest BCUT2D eigenvalue weighted by Gasteiger charge is -2.02. The predicted molar refractivity (Wildman–Crippen MR) is 106 cm³/mol. The van der Waals surface area contributed by atoms with E-state index in [9.17, 15) is 4.79 Å². The van der Waals surface area contributed by atoms with Gasteiger partial charge in [0.25, 0.3) is 0 Å². The standard InChI is InChI=1S/C18H15BrN2OS2/c19-15-8-6-14(7-9-15)16-11-24-18(20-16)21-17(22)12-23-10-13-4-2-1-3-5-13/h1-9,11H,10,12H2,(H,20,21,22). The Balaban J connectivity index is 1.51. The first-order valence-electron chi connectivity index (χ1n) is 7.34. The SMILES string of the molecule is O=C(CSCc1ccccc1)Nc1nc(-c2ccc(Br)cc2)cs1. The number of hydrogen-bond donors (Lipinski definition) is 1. The predicted octanol–water partition coefficient (Wildman–Crippen LogP) is 5.44. The zero-order valence-corrected chi connectivity index (χ0v) is 16.0. The van der Waals surface area contributed by atoms with Gasteiger partial charge in [0.1, 0.15) is 0 Å². The summed E-state index contributed by atoms with van der Waals surface area (Å²) in [5.41, 5.74) is 3.13. The Labute approximate surface area is 157 Å². The minimum absolute atomic E-state index is 0.0207. The van der Waals surface area contributed by atoms with Crippen LogP contribution in [-0.2, 0) is 10.5 Å². The zero-order valence-electron chi connectivity index (χ0n) is 12.7. The molecule has 0 atom stereocenters. The summed E-state index contributed by atoms with van der Waals surface area (Å²) in [7, 11) is 0. The van der Waals surface area contributed by atoms with Gasteiger partial charge in [-0.25, -0.2) is 4.98 Å². The van der Waals surface area contributed by atoms with Crippen LogP contribution in [0.1, 0.15) is 5.56 Å². The van der Waals surface area contributed by atoms with E-state index < -0.39 is 0 Å². The number of aromatic nitrogens is 1. The molecule has 3 rings (SSSR count). The number of thiazole rings is 1. The molecule has 1 aromatic heterocycles. The van der Waals surface area contributed by atoms with Gasteiger partial charge in [0.05, 0.1) is 11.4 Å². The molecular formula is C18H15BrN2OS2. The van der Waals surface area contributed by atoms with E-state index in [1.807, 2.05) is 47.8 Å². The molecule has 1 N–H and O–H groups in total. The second-order valence-electron chi connectivity index (χ2n) is 5.07. The average Bonchev–Trinajstić information content (AvgIpc) is 3.05. The third-order valence-electron chi connectivity index (χ3n) is 3.24. The van der Waals surface area contributed by atoms with Crippen LogP contribution in [0.2, 0.25) is 0 Å². The first kappa shape index (κ1) is 17.2. The van der Waals surface area contributed by atoms with Gasteiger partial charge in [-0.1, -0.05) is 58.4 Å². The van der Waals surface area contributed by atoms with E-state index in [0.29, 0.717) is 10.9 Å². The van der Waals surface area contributed by atoms with E-state index in [0.717, 1.165) is 21.5 Å². The highest BCUT2D eigenvalue weighted by Gasteiger charge is 2.08. The van der Waals surface area contributed by atoms with Gasteiger partial charge >= 0.3 is 0 Å². The Hall–Kier alpha value is -1.63. The fourth-order valence-electron chi connectivity index (χ4n) is 2.08.